The zero-order valence-electron chi connectivity index (χ0n) is 12.3. The standard InChI is InChI=1S/C14H21N3O3S/c1-7(2)11(19)12-10(15)9(13(16)20)14(21-12)17-5-3-4-8(18)6-17/h7-8,18H,3-6,15H2,1-2H3,(H2,16,20). The molecule has 1 aliphatic heterocycles. The molecular weight excluding hydrogens is 290 g/mol. The highest BCUT2D eigenvalue weighted by Crippen LogP contribution is 2.40. The molecule has 1 atom stereocenters. The van der Waals surface area contributed by atoms with Crippen molar-refractivity contribution in [3.8, 4) is 0 Å². The third kappa shape index (κ3) is 3.03. The van der Waals surface area contributed by atoms with Crippen molar-refractivity contribution in [2.75, 3.05) is 23.7 Å². The molecule has 1 fully saturated rings. The molecule has 5 N–H and O–H groups in total. The van der Waals surface area contributed by atoms with Gasteiger partial charge in [0.05, 0.1) is 22.2 Å². The predicted molar refractivity (Wildman–Crippen MR) is 83.9 cm³/mol. The Kier molecular flexibility index (Phi) is 4.53. The molecule has 1 aliphatic rings. The lowest BCUT2D eigenvalue weighted by Crippen LogP contribution is -2.38. The summed E-state index contributed by atoms with van der Waals surface area (Å²) in [5, 5.41) is 10.4. The van der Waals surface area contributed by atoms with Crippen LogP contribution in [0.2, 0.25) is 0 Å². The van der Waals surface area contributed by atoms with E-state index in [4.69, 9.17) is 11.5 Å². The number of hydrogen-bond acceptors (Lipinski definition) is 6. The van der Waals surface area contributed by atoms with Crippen LogP contribution in [0.25, 0.3) is 0 Å². The highest BCUT2D eigenvalue weighted by atomic mass is 32.1. The summed E-state index contributed by atoms with van der Waals surface area (Å²) >= 11 is 1.20. The number of carbonyl (C=O) groups is 2. The fourth-order valence-electron chi connectivity index (χ4n) is 2.48. The third-order valence-electron chi connectivity index (χ3n) is 3.60. The van der Waals surface area contributed by atoms with Crippen molar-refractivity contribution >= 4 is 33.7 Å². The number of β-amino-alcohol motifs (C(OH)–C–C–N with tert-alkyl or cyclic N) is 1. The maximum atomic E-state index is 12.2. The Hall–Kier alpha value is -1.60. The van der Waals surface area contributed by atoms with Crippen molar-refractivity contribution in [3.63, 3.8) is 0 Å². The maximum Gasteiger partial charge on any atom is 0.253 e. The van der Waals surface area contributed by atoms with Gasteiger partial charge in [0.15, 0.2) is 5.78 Å². The molecule has 116 valence electrons. The van der Waals surface area contributed by atoms with Crippen LogP contribution in [-0.4, -0.2) is 36.0 Å². The Morgan fingerprint density at radius 2 is 2.10 bits per heavy atom. The van der Waals surface area contributed by atoms with Crippen molar-refractivity contribution in [2.24, 2.45) is 11.7 Å². The number of aliphatic hydroxyl groups excluding tert-OH is 1. The zero-order valence-corrected chi connectivity index (χ0v) is 13.1. The number of carbonyl (C=O) groups excluding carboxylic acids is 2. The highest BCUT2D eigenvalue weighted by molar-refractivity contribution is 7.19. The number of primary amides is 1. The molecule has 0 saturated carbocycles. The smallest absolute Gasteiger partial charge is 0.253 e. The largest absolute Gasteiger partial charge is 0.397 e. The van der Waals surface area contributed by atoms with E-state index in [0.717, 1.165) is 12.8 Å². The first-order valence-corrected chi connectivity index (χ1v) is 7.83. The van der Waals surface area contributed by atoms with Crippen LogP contribution in [0.3, 0.4) is 0 Å². The molecule has 0 bridgehead atoms. The first-order valence-electron chi connectivity index (χ1n) is 7.02. The second kappa shape index (κ2) is 6.03. The summed E-state index contributed by atoms with van der Waals surface area (Å²) in [6.07, 6.45) is 1.12. The first-order chi connectivity index (χ1) is 9.82. The van der Waals surface area contributed by atoms with E-state index < -0.39 is 12.0 Å². The topological polar surface area (TPSA) is 110 Å². The van der Waals surface area contributed by atoms with Crippen molar-refractivity contribution in [1.82, 2.24) is 0 Å². The number of amides is 1. The van der Waals surface area contributed by atoms with Gasteiger partial charge in [-0.1, -0.05) is 13.8 Å². The van der Waals surface area contributed by atoms with Gasteiger partial charge in [-0.3, -0.25) is 9.59 Å². The van der Waals surface area contributed by atoms with Crippen LogP contribution in [-0.2, 0) is 0 Å². The molecule has 21 heavy (non-hydrogen) atoms. The van der Waals surface area contributed by atoms with Crippen LogP contribution in [0, 0.1) is 5.92 Å². The number of nitrogens with two attached hydrogens (primary N) is 2. The Bertz CT molecular complexity index is 568. The molecule has 1 amide bonds. The Morgan fingerprint density at radius 3 is 2.62 bits per heavy atom. The molecule has 7 heteroatoms. The van der Waals surface area contributed by atoms with Crippen molar-refractivity contribution in [2.45, 2.75) is 32.8 Å². The van der Waals surface area contributed by atoms with Crippen LogP contribution < -0.4 is 16.4 Å². The number of ketones is 1. The normalized spacial score (nSPS) is 19.0. The van der Waals surface area contributed by atoms with Crippen LogP contribution in [0.4, 0.5) is 10.7 Å². The summed E-state index contributed by atoms with van der Waals surface area (Å²) in [6, 6.07) is 0. The first kappa shape index (κ1) is 15.8. The summed E-state index contributed by atoms with van der Waals surface area (Å²) in [7, 11) is 0. The number of anilines is 2. The maximum absolute atomic E-state index is 12.2. The molecule has 6 nitrogen and oxygen atoms in total. The molecule has 1 unspecified atom stereocenters. The Labute approximate surface area is 127 Å². The number of nitrogen functional groups attached to an aromatic ring is 1. The average Bonchev–Trinajstić information content (AvgIpc) is 2.75. The van der Waals surface area contributed by atoms with E-state index in [2.05, 4.69) is 0 Å². The average molecular weight is 311 g/mol. The molecule has 0 aliphatic carbocycles. The van der Waals surface area contributed by atoms with Gasteiger partial charge >= 0.3 is 0 Å². The number of thiophene rings is 1. The molecule has 1 aromatic heterocycles. The molecule has 0 aromatic carbocycles. The van der Waals surface area contributed by atoms with Gasteiger partial charge in [0.25, 0.3) is 5.91 Å². The highest BCUT2D eigenvalue weighted by Gasteiger charge is 2.30. The van der Waals surface area contributed by atoms with E-state index >= 15 is 0 Å². The van der Waals surface area contributed by atoms with E-state index in [1.807, 2.05) is 4.90 Å². The number of hydrogen-bond donors (Lipinski definition) is 3. The van der Waals surface area contributed by atoms with Gasteiger partial charge in [-0.15, -0.1) is 11.3 Å². The molecule has 2 heterocycles. The number of piperidine rings is 1. The Morgan fingerprint density at radius 1 is 1.43 bits per heavy atom. The van der Waals surface area contributed by atoms with E-state index in [-0.39, 0.29) is 23.0 Å². The molecule has 1 aromatic rings. The van der Waals surface area contributed by atoms with Gasteiger partial charge < -0.3 is 21.5 Å². The molecule has 0 radical (unpaired) electrons. The zero-order chi connectivity index (χ0) is 15.7. The van der Waals surface area contributed by atoms with Gasteiger partial charge in [-0.2, -0.15) is 0 Å². The van der Waals surface area contributed by atoms with E-state index in [0.29, 0.717) is 23.0 Å². The van der Waals surface area contributed by atoms with Gasteiger partial charge in [0.1, 0.15) is 5.00 Å². The molecular formula is C14H21N3O3S. The van der Waals surface area contributed by atoms with Crippen LogP contribution in [0.5, 0.6) is 0 Å². The fourth-order valence-corrected chi connectivity index (χ4v) is 3.83. The summed E-state index contributed by atoms with van der Waals surface area (Å²) in [5.74, 6) is -0.933. The van der Waals surface area contributed by atoms with Gasteiger partial charge in [-0.25, -0.2) is 0 Å². The molecule has 0 spiro atoms. The molecule has 2 rings (SSSR count). The lowest BCUT2D eigenvalue weighted by atomic mass is 10.0. The quantitative estimate of drug-likeness (QED) is 0.724. The number of Topliss-reactive ketones (excluding diaryl/α,β-unsaturated/α-hetero) is 1. The lowest BCUT2D eigenvalue weighted by molar-refractivity contribution is 0.0944. The van der Waals surface area contributed by atoms with E-state index in [1.165, 1.54) is 11.3 Å². The van der Waals surface area contributed by atoms with Crippen molar-refractivity contribution in [3.05, 3.63) is 10.4 Å². The second-order valence-electron chi connectivity index (χ2n) is 5.65. The molecule has 1 saturated heterocycles. The summed E-state index contributed by atoms with van der Waals surface area (Å²) < 4.78 is 0. The van der Waals surface area contributed by atoms with Gasteiger partial charge in [0.2, 0.25) is 0 Å². The number of rotatable bonds is 4. The van der Waals surface area contributed by atoms with E-state index in [9.17, 15) is 14.7 Å². The number of aliphatic hydroxyl groups is 1. The second-order valence-corrected chi connectivity index (χ2v) is 6.65. The van der Waals surface area contributed by atoms with Crippen LogP contribution >= 0.6 is 11.3 Å². The Balaban J connectivity index is 2.47. The van der Waals surface area contributed by atoms with E-state index in [1.54, 1.807) is 13.8 Å². The van der Waals surface area contributed by atoms with Crippen molar-refractivity contribution < 1.29 is 14.7 Å². The minimum atomic E-state index is -0.637. The summed E-state index contributed by atoms with van der Waals surface area (Å²) in [5.41, 5.74) is 11.8. The fraction of sp³-hybridized carbons (Fsp3) is 0.571. The van der Waals surface area contributed by atoms with Crippen LogP contribution in [0.1, 0.15) is 46.7 Å². The SMILES string of the molecule is CC(C)C(=O)c1sc(N2CCCC(O)C2)c(C(N)=O)c1N. The summed E-state index contributed by atoms with van der Waals surface area (Å²) in [4.78, 5) is 26.2. The monoisotopic (exact) mass is 311 g/mol. The van der Waals surface area contributed by atoms with Crippen LogP contribution in [0.15, 0.2) is 0 Å². The minimum absolute atomic E-state index is 0.0937. The number of nitrogens with zero attached hydrogens (tertiary/aromatic N) is 1. The lowest BCUT2D eigenvalue weighted by Gasteiger charge is -2.31. The third-order valence-corrected chi connectivity index (χ3v) is 4.89. The predicted octanol–water partition coefficient (Wildman–Crippen LogP) is 1.23. The van der Waals surface area contributed by atoms with Crippen molar-refractivity contribution in [1.29, 1.82) is 0 Å². The summed E-state index contributed by atoms with van der Waals surface area (Å²) in [6.45, 7) is 4.72. The minimum Gasteiger partial charge on any atom is -0.397 e. The van der Waals surface area contributed by atoms with Gasteiger partial charge in [-0.05, 0) is 12.8 Å². The van der Waals surface area contributed by atoms with Gasteiger partial charge in [0, 0.05) is 19.0 Å².